The van der Waals surface area contributed by atoms with E-state index in [-0.39, 0.29) is 29.9 Å². The molecule has 1 aliphatic heterocycles. The number of piperidine rings is 1. The molecule has 2 N–H and O–H groups in total. The first-order chi connectivity index (χ1) is 15.5. The van der Waals surface area contributed by atoms with Crippen LogP contribution in [-0.2, 0) is 17.9 Å². The average molecular weight is 564 g/mol. The highest BCUT2D eigenvalue weighted by atomic mass is 127. The number of nitrogens with one attached hydrogen (secondary N) is 2. The van der Waals surface area contributed by atoms with E-state index in [9.17, 15) is 4.79 Å². The van der Waals surface area contributed by atoms with Crippen LogP contribution in [0.15, 0.2) is 65.7 Å². The monoisotopic (exact) mass is 563 g/mol. The summed E-state index contributed by atoms with van der Waals surface area (Å²) in [5.74, 6) is 0.900. The summed E-state index contributed by atoms with van der Waals surface area (Å²) < 4.78 is 0. The maximum absolute atomic E-state index is 12.5. The van der Waals surface area contributed by atoms with Gasteiger partial charge in [0.05, 0.1) is 0 Å². The number of hydrogen-bond donors (Lipinski definition) is 2. The van der Waals surface area contributed by atoms with Gasteiger partial charge in [-0.25, -0.2) is 0 Å². The molecule has 1 aliphatic rings. The number of carbonyl (C=O) groups is 1. The van der Waals surface area contributed by atoms with Crippen LogP contribution < -0.4 is 10.6 Å². The molecule has 2 aromatic carbocycles. The molecular weight excluding hydrogens is 525 g/mol. The van der Waals surface area contributed by atoms with Crippen LogP contribution in [0.5, 0.6) is 0 Å². The summed E-state index contributed by atoms with van der Waals surface area (Å²) in [4.78, 5) is 21.1. The van der Waals surface area contributed by atoms with Crippen LogP contribution in [0, 0.1) is 0 Å². The maximum atomic E-state index is 12.5. The number of halogens is 1. The third-order valence-electron chi connectivity index (χ3n) is 6.13. The molecule has 2 atom stereocenters. The number of likely N-dealkylation sites (tertiary alicyclic amines) is 1. The Labute approximate surface area is 215 Å². The number of carbonyl (C=O) groups excluding carboxylic acids is 1. The first kappa shape index (κ1) is 27.1. The lowest BCUT2D eigenvalue weighted by molar-refractivity contribution is -0.130. The number of benzene rings is 2. The van der Waals surface area contributed by atoms with Crippen LogP contribution in [0.25, 0.3) is 0 Å². The molecule has 1 saturated heterocycles. The van der Waals surface area contributed by atoms with Crippen LogP contribution in [-0.4, -0.2) is 60.9 Å². The van der Waals surface area contributed by atoms with Gasteiger partial charge >= 0.3 is 0 Å². The van der Waals surface area contributed by atoms with Crippen molar-refractivity contribution < 1.29 is 4.79 Å². The fraction of sp³-hybridized carbons (Fsp3) is 0.462. The largest absolute Gasteiger partial charge is 0.356 e. The van der Waals surface area contributed by atoms with E-state index in [4.69, 9.17) is 0 Å². The predicted octanol–water partition coefficient (Wildman–Crippen LogP) is 3.87. The third-order valence-corrected chi connectivity index (χ3v) is 6.13. The lowest BCUT2D eigenvalue weighted by Crippen LogP contribution is -2.51. The van der Waals surface area contributed by atoms with E-state index in [1.807, 2.05) is 37.4 Å². The van der Waals surface area contributed by atoms with Gasteiger partial charge in [0.1, 0.15) is 0 Å². The van der Waals surface area contributed by atoms with Crippen molar-refractivity contribution >= 4 is 35.8 Å². The Kier molecular flexibility index (Phi) is 11.7. The summed E-state index contributed by atoms with van der Waals surface area (Å²) in [5.41, 5.74) is 2.51. The topological polar surface area (TPSA) is 60.0 Å². The molecule has 1 heterocycles. The molecule has 0 saturated carbocycles. The van der Waals surface area contributed by atoms with Crippen LogP contribution in [0.3, 0.4) is 0 Å². The van der Waals surface area contributed by atoms with Crippen molar-refractivity contribution in [1.82, 2.24) is 20.4 Å². The van der Waals surface area contributed by atoms with E-state index < -0.39 is 0 Å². The van der Waals surface area contributed by atoms with Gasteiger partial charge in [0, 0.05) is 58.8 Å². The van der Waals surface area contributed by atoms with E-state index in [0.717, 1.165) is 37.5 Å². The molecule has 6 nitrogen and oxygen atoms in total. The average Bonchev–Trinajstić information content (AvgIpc) is 2.81. The van der Waals surface area contributed by atoms with Crippen LogP contribution >= 0.6 is 24.0 Å². The Bertz CT molecular complexity index is 862. The molecule has 0 spiro atoms. The first-order valence-electron chi connectivity index (χ1n) is 11.6. The highest BCUT2D eigenvalue weighted by molar-refractivity contribution is 14.0. The van der Waals surface area contributed by atoms with E-state index in [1.165, 1.54) is 5.56 Å². The van der Waals surface area contributed by atoms with E-state index in [1.54, 1.807) is 11.9 Å². The predicted molar refractivity (Wildman–Crippen MR) is 147 cm³/mol. The number of guanidine groups is 1. The molecule has 7 heteroatoms. The molecule has 0 aliphatic carbocycles. The highest BCUT2D eigenvalue weighted by Gasteiger charge is 2.26. The Balaban J connectivity index is 0.00000385. The van der Waals surface area contributed by atoms with Gasteiger partial charge in [-0.05, 0) is 30.9 Å². The molecular formula is C26H38IN5O. The van der Waals surface area contributed by atoms with Gasteiger partial charge < -0.3 is 15.5 Å². The zero-order valence-electron chi connectivity index (χ0n) is 20.0. The Morgan fingerprint density at radius 2 is 1.73 bits per heavy atom. The van der Waals surface area contributed by atoms with E-state index in [0.29, 0.717) is 31.6 Å². The van der Waals surface area contributed by atoms with Gasteiger partial charge in [0.15, 0.2) is 5.96 Å². The molecule has 33 heavy (non-hydrogen) atoms. The van der Waals surface area contributed by atoms with Crippen LogP contribution in [0.4, 0.5) is 0 Å². The van der Waals surface area contributed by atoms with Crippen molar-refractivity contribution in [2.24, 2.45) is 4.99 Å². The number of nitrogens with zero attached hydrogens (tertiary/aromatic N) is 3. The van der Waals surface area contributed by atoms with Gasteiger partial charge in [0.2, 0.25) is 5.91 Å². The SMILES string of the molecule is CN=C(NCCC(=O)N(C)Cc1ccccc1)NC1CCN(Cc2ccccc2)C(C)C1.I. The summed E-state index contributed by atoms with van der Waals surface area (Å²) in [6.45, 7) is 5.56. The quantitative estimate of drug-likeness (QED) is 0.291. The zero-order valence-corrected chi connectivity index (χ0v) is 22.4. The summed E-state index contributed by atoms with van der Waals surface area (Å²) in [5, 5.41) is 6.86. The van der Waals surface area contributed by atoms with Gasteiger partial charge in [0.25, 0.3) is 0 Å². The van der Waals surface area contributed by atoms with Gasteiger partial charge in [-0.15, -0.1) is 24.0 Å². The highest BCUT2D eigenvalue weighted by Crippen LogP contribution is 2.19. The van der Waals surface area contributed by atoms with Crippen molar-refractivity contribution in [3.05, 3.63) is 71.8 Å². The molecule has 1 fully saturated rings. The van der Waals surface area contributed by atoms with Gasteiger partial charge in [-0.1, -0.05) is 60.7 Å². The number of hydrogen-bond acceptors (Lipinski definition) is 3. The van der Waals surface area contributed by atoms with Crippen molar-refractivity contribution in [3.63, 3.8) is 0 Å². The summed E-state index contributed by atoms with van der Waals surface area (Å²) >= 11 is 0. The third kappa shape index (κ3) is 8.97. The second-order valence-corrected chi connectivity index (χ2v) is 8.66. The van der Waals surface area contributed by atoms with E-state index >= 15 is 0 Å². The standard InChI is InChI=1S/C26H37N5O.HI/c1-21-18-24(15-17-31(21)20-23-12-8-5-9-13-23)29-26(27-2)28-16-14-25(32)30(3)19-22-10-6-4-7-11-22;/h4-13,21,24H,14-20H2,1-3H3,(H2,27,28,29);1H. The molecule has 0 radical (unpaired) electrons. The Morgan fingerprint density at radius 1 is 1.09 bits per heavy atom. The second kappa shape index (κ2) is 14.2. The molecule has 3 rings (SSSR count). The molecule has 180 valence electrons. The second-order valence-electron chi connectivity index (χ2n) is 8.66. The minimum atomic E-state index is 0. The summed E-state index contributed by atoms with van der Waals surface area (Å²) in [6, 6.07) is 21.6. The van der Waals surface area contributed by atoms with Gasteiger partial charge in [-0.2, -0.15) is 0 Å². The molecule has 0 bridgehead atoms. The van der Waals surface area contributed by atoms with Crippen LogP contribution in [0.2, 0.25) is 0 Å². The maximum Gasteiger partial charge on any atom is 0.224 e. The molecule has 0 aromatic heterocycles. The number of aliphatic imine (C=N–C) groups is 1. The molecule has 1 amide bonds. The summed E-state index contributed by atoms with van der Waals surface area (Å²) in [6.07, 6.45) is 2.60. The number of rotatable bonds is 8. The van der Waals surface area contributed by atoms with Crippen LogP contribution in [0.1, 0.15) is 37.3 Å². The first-order valence-corrected chi connectivity index (χ1v) is 11.6. The van der Waals surface area contributed by atoms with Gasteiger partial charge in [-0.3, -0.25) is 14.7 Å². The van der Waals surface area contributed by atoms with E-state index in [2.05, 4.69) is 57.8 Å². The minimum Gasteiger partial charge on any atom is -0.356 e. The minimum absolute atomic E-state index is 0. The molecule has 2 unspecified atom stereocenters. The normalized spacial score (nSPS) is 18.8. The smallest absolute Gasteiger partial charge is 0.224 e. The van der Waals surface area contributed by atoms with Crippen molar-refractivity contribution in [3.8, 4) is 0 Å². The lowest BCUT2D eigenvalue weighted by Gasteiger charge is -2.38. The Hall–Kier alpha value is -2.13. The lowest BCUT2D eigenvalue weighted by atomic mass is 9.97. The number of amides is 1. The Morgan fingerprint density at radius 3 is 2.33 bits per heavy atom. The molecule has 2 aromatic rings. The zero-order chi connectivity index (χ0) is 22.8. The fourth-order valence-corrected chi connectivity index (χ4v) is 4.22. The van der Waals surface area contributed by atoms with Crippen molar-refractivity contribution in [2.45, 2.75) is 51.4 Å². The van der Waals surface area contributed by atoms with Crippen molar-refractivity contribution in [2.75, 3.05) is 27.2 Å². The summed E-state index contributed by atoms with van der Waals surface area (Å²) in [7, 11) is 3.64. The van der Waals surface area contributed by atoms with Crippen molar-refractivity contribution in [1.29, 1.82) is 0 Å². The fourth-order valence-electron chi connectivity index (χ4n) is 4.22.